The molecular formula is C16H16Br2FN. The second kappa shape index (κ2) is 6.83. The Morgan fingerprint density at radius 2 is 1.60 bits per heavy atom. The van der Waals surface area contributed by atoms with E-state index < -0.39 is 0 Å². The summed E-state index contributed by atoms with van der Waals surface area (Å²) in [5.74, 6) is -0.187. The van der Waals surface area contributed by atoms with Gasteiger partial charge in [0.05, 0.1) is 0 Å². The lowest BCUT2D eigenvalue weighted by molar-refractivity contribution is 0.473. The molecule has 2 aromatic carbocycles. The quantitative estimate of drug-likeness (QED) is 0.687. The summed E-state index contributed by atoms with van der Waals surface area (Å²) in [7, 11) is 0. The molecule has 0 heterocycles. The molecule has 0 saturated carbocycles. The summed E-state index contributed by atoms with van der Waals surface area (Å²) in [5, 5.41) is 3.43. The molecule has 4 heteroatoms. The van der Waals surface area contributed by atoms with Crippen LogP contribution in [0.1, 0.15) is 37.1 Å². The second-order valence-electron chi connectivity index (χ2n) is 4.80. The van der Waals surface area contributed by atoms with Crippen molar-refractivity contribution in [1.29, 1.82) is 0 Å². The minimum Gasteiger partial charge on any atom is -0.304 e. The van der Waals surface area contributed by atoms with E-state index >= 15 is 0 Å². The molecule has 1 N–H and O–H groups in total. The Morgan fingerprint density at radius 3 is 2.30 bits per heavy atom. The van der Waals surface area contributed by atoms with E-state index in [1.807, 2.05) is 31.2 Å². The van der Waals surface area contributed by atoms with Gasteiger partial charge >= 0.3 is 0 Å². The second-order valence-corrected chi connectivity index (χ2v) is 6.57. The molecule has 20 heavy (non-hydrogen) atoms. The fraction of sp³-hybridized carbons (Fsp3) is 0.250. The predicted molar refractivity (Wildman–Crippen MR) is 88.2 cm³/mol. The van der Waals surface area contributed by atoms with Crippen molar-refractivity contribution in [1.82, 2.24) is 5.32 Å². The van der Waals surface area contributed by atoms with Crippen LogP contribution in [0.25, 0.3) is 0 Å². The van der Waals surface area contributed by atoms with Crippen molar-refractivity contribution in [2.75, 3.05) is 0 Å². The Balaban J connectivity index is 2.17. The van der Waals surface area contributed by atoms with Crippen molar-refractivity contribution >= 4 is 31.9 Å². The molecule has 0 bridgehead atoms. The van der Waals surface area contributed by atoms with Gasteiger partial charge in [0, 0.05) is 26.6 Å². The van der Waals surface area contributed by atoms with E-state index in [2.05, 4.69) is 50.2 Å². The SMILES string of the molecule is CC(N[C@@H](C)c1ccccc1Br)c1cc(Br)ccc1F. The normalized spacial score (nSPS) is 14.1. The maximum Gasteiger partial charge on any atom is 0.128 e. The van der Waals surface area contributed by atoms with E-state index in [0.29, 0.717) is 5.56 Å². The average Bonchev–Trinajstić information content (AvgIpc) is 2.41. The molecule has 0 aliphatic carbocycles. The van der Waals surface area contributed by atoms with Crippen molar-refractivity contribution in [2.24, 2.45) is 0 Å². The van der Waals surface area contributed by atoms with Crippen LogP contribution in [0.5, 0.6) is 0 Å². The van der Waals surface area contributed by atoms with Crippen LogP contribution in [-0.2, 0) is 0 Å². The van der Waals surface area contributed by atoms with Crippen molar-refractivity contribution in [3.05, 3.63) is 68.4 Å². The molecule has 1 nitrogen and oxygen atoms in total. The van der Waals surface area contributed by atoms with E-state index in [0.717, 1.165) is 14.5 Å². The molecule has 2 atom stereocenters. The molecular weight excluding hydrogens is 385 g/mol. The fourth-order valence-corrected chi connectivity index (χ4v) is 3.23. The van der Waals surface area contributed by atoms with Crippen molar-refractivity contribution in [3.63, 3.8) is 0 Å². The smallest absolute Gasteiger partial charge is 0.128 e. The van der Waals surface area contributed by atoms with Crippen LogP contribution < -0.4 is 5.32 Å². The summed E-state index contributed by atoms with van der Waals surface area (Å²) < 4.78 is 15.8. The third-order valence-corrected chi connectivity index (χ3v) is 4.51. The van der Waals surface area contributed by atoms with Crippen molar-refractivity contribution in [3.8, 4) is 0 Å². The number of hydrogen-bond donors (Lipinski definition) is 1. The van der Waals surface area contributed by atoms with Gasteiger partial charge in [-0.15, -0.1) is 0 Å². The van der Waals surface area contributed by atoms with Gasteiger partial charge in [-0.1, -0.05) is 50.1 Å². The molecule has 0 amide bonds. The summed E-state index contributed by atoms with van der Waals surface area (Å²) in [4.78, 5) is 0. The van der Waals surface area contributed by atoms with Crippen LogP contribution in [0, 0.1) is 5.82 Å². The zero-order valence-electron chi connectivity index (χ0n) is 11.3. The highest BCUT2D eigenvalue weighted by Gasteiger charge is 2.16. The highest BCUT2D eigenvalue weighted by Crippen LogP contribution is 2.27. The van der Waals surface area contributed by atoms with Gasteiger partial charge in [-0.3, -0.25) is 0 Å². The Labute approximate surface area is 135 Å². The zero-order valence-corrected chi connectivity index (χ0v) is 14.5. The summed E-state index contributed by atoms with van der Waals surface area (Å²) in [6.45, 7) is 4.05. The van der Waals surface area contributed by atoms with Gasteiger partial charge in [-0.05, 0) is 43.7 Å². The molecule has 0 fully saturated rings. The molecule has 1 unspecified atom stereocenters. The van der Waals surface area contributed by atoms with Crippen LogP contribution in [0.4, 0.5) is 4.39 Å². The highest BCUT2D eigenvalue weighted by atomic mass is 79.9. The van der Waals surface area contributed by atoms with Crippen molar-refractivity contribution in [2.45, 2.75) is 25.9 Å². The average molecular weight is 401 g/mol. The van der Waals surface area contributed by atoms with Gasteiger partial charge in [0.25, 0.3) is 0 Å². The maximum absolute atomic E-state index is 13.9. The lowest BCUT2D eigenvalue weighted by atomic mass is 10.0. The first-order valence-corrected chi connectivity index (χ1v) is 8.03. The van der Waals surface area contributed by atoms with E-state index in [4.69, 9.17) is 0 Å². The molecule has 0 aliphatic rings. The first kappa shape index (κ1) is 15.7. The van der Waals surface area contributed by atoms with Crippen LogP contribution in [0.3, 0.4) is 0 Å². The molecule has 2 aromatic rings. The standard InChI is InChI=1S/C16H16Br2FN/c1-10(13-5-3-4-6-15(13)18)20-11(2)14-9-12(17)7-8-16(14)19/h3-11,20H,1-2H3/t10-,11?/m0/s1. The first-order valence-electron chi connectivity index (χ1n) is 6.44. The molecule has 0 saturated heterocycles. The van der Waals surface area contributed by atoms with Gasteiger partial charge in [0.15, 0.2) is 0 Å². The molecule has 0 aromatic heterocycles. The summed E-state index contributed by atoms with van der Waals surface area (Å²) in [6, 6.07) is 13.1. The topological polar surface area (TPSA) is 12.0 Å². The third-order valence-electron chi connectivity index (χ3n) is 3.30. The van der Waals surface area contributed by atoms with Crippen LogP contribution in [-0.4, -0.2) is 0 Å². The van der Waals surface area contributed by atoms with E-state index in [1.165, 1.54) is 6.07 Å². The summed E-state index contributed by atoms with van der Waals surface area (Å²) in [5.41, 5.74) is 1.83. The Kier molecular flexibility index (Phi) is 5.35. The maximum atomic E-state index is 13.9. The number of halogens is 3. The lowest BCUT2D eigenvalue weighted by Crippen LogP contribution is -2.23. The highest BCUT2D eigenvalue weighted by molar-refractivity contribution is 9.10. The zero-order chi connectivity index (χ0) is 14.7. The van der Waals surface area contributed by atoms with Gasteiger partial charge in [0.1, 0.15) is 5.82 Å². The summed E-state index contributed by atoms with van der Waals surface area (Å²) >= 11 is 6.93. The van der Waals surface area contributed by atoms with Gasteiger partial charge in [-0.2, -0.15) is 0 Å². The lowest BCUT2D eigenvalue weighted by Gasteiger charge is -2.22. The third kappa shape index (κ3) is 3.68. The molecule has 0 spiro atoms. The number of hydrogen-bond acceptors (Lipinski definition) is 1. The predicted octanol–water partition coefficient (Wildman–Crippen LogP) is 5.76. The largest absolute Gasteiger partial charge is 0.304 e. The monoisotopic (exact) mass is 399 g/mol. The van der Waals surface area contributed by atoms with Gasteiger partial charge in [0.2, 0.25) is 0 Å². The number of nitrogens with one attached hydrogen (secondary N) is 1. The van der Waals surface area contributed by atoms with E-state index in [-0.39, 0.29) is 17.9 Å². The molecule has 2 rings (SSSR count). The molecule has 106 valence electrons. The fourth-order valence-electron chi connectivity index (χ4n) is 2.23. The minimum atomic E-state index is -0.187. The van der Waals surface area contributed by atoms with Gasteiger partial charge < -0.3 is 5.32 Å². The van der Waals surface area contributed by atoms with E-state index in [9.17, 15) is 4.39 Å². The Bertz CT molecular complexity index is 601. The van der Waals surface area contributed by atoms with Gasteiger partial charge in [-0.25, -0.2) is 4.39 Å². The Hall–Kier alpha value is -0.710. The summed E-state index contributed by atoms with van der Waals surface area (Å²) in [6.07, 6.45) is 0. The number of benzene rings is 2. The number of rotatable bonds is 4. The van der Waals surface area contributed by atoms with Crippen LogP contribution >= 0.6 is 31.9 Å². The molecule has 0 radical (unpaired) electrons. The minimum absolute atomic E-state index is 0.0744. The Morgan fingerprint density at radius 1 is 0.950 bits per heavy atom. The van der Waals surface area contributed by atoms with E-state index in [1.54, 1.807) is 6.07 Å². The molecule has 0 aliphatic heterocycles. The van der Waals surface area contributed by atoms with Crippen molar-refractivity contribution < 1.29 is 4.39 Å². The van der Waals surface area contributed by atoms with Crippen LogP contribution in [0.15, 0.2) is 51.4 Å². The van der Waals surface area contributed by atoms with Crippen LogP contribution in [0.2, 0.25) is 0 Å². The first-order chi connectivity index (χ1) is 9.49.